The SMILES string of the molecule is COc1ccc(C)cc1C(Br)c1ccc2c(c1)COC2. The molecule has 2 nitrogen and oxygen atoms in total. The molecule has 0 aromatic heterocycles. The first-order valence-electron chi connectivity index (χ1n) is 6.67. The van der Waals surface area contributed by atoms with E-state index in [1.165, 1.54) is 22.3 Å². The second-order valence-electron chi connectivity index (χ2n) is 5.13. The molecule has 2 aromatic carbocycles. The molecule has 3 rings (SSSR count). The van der Waals surface area contributed by atoms with Crippen molar-refractivity contribution in [1.82, 2.24) is 0 Å². The molecule has 0 saturated heterocycles. The highest BCUT2D eigenvalue weighted by Crippen LogP contribution is 2.38. The first kappa shape index (κ1) is 13.7. The van der Waals surface area contributed by atoms with Gasteiger partial charge in [-0.1, -0.05) is 51.8 Å². The average molecular weight is 333 g/mol. The molecule has 1 aliphatic heterocycles. The Bertz CT molecular complexity index is 637. The van der Waals surface area contributed by atoms with E-state index in [2.05, 4.69) is 53.2 Å². The van der Waals surface area contributed by atoms with Crippen LogP contribution in [0.2, 0.25) is 0 Å². The van der Waals surface area contributed by atoms with Gasteiger partial charge in [-0.05, 0) is 29.7 Å². The van der Waals surface area contributed by atoms with Gasteiger partial charge >= 0.3 is 0 Å². The zero-order valence-electron chi connectivity index (χ0n) is 11.7. The molecule has 1 heterocycles. The van der Waals surface area contributed by atoms with Crippen LogP contribution in [0.5, 0.6) is 5.75 Å². The van der Waals surface area contributed by atoms with Crippen LogP contribution in [-0.2, 0) is 18.0 Å². The van der Waals surface area contributed by atoms with Crippen molar-refractivity contribution in [3.63, 3.8) is 0 Å². The summed E-state index contributed by atoms with van der Waals surface area (Å²) >= 11 is 3.81. The van der Waals surface area contributed by atoms with Crippen molar-refractivity contribution in [2.75, 3.05) is 7.11 Å². The van der Waals surface area contributed by atoms with Gasteiger partial charge in [-0.15, -0.1) is 0 Å². The Morgan fingerprint density at radius 2 is 1.90 bits per heavy atom. The van der Waals surface area contributed by atoms with Crippen molar-refractivity contribution in [1.29, 1.82) is 0 Å². The minimum absolute atomic E-state index is 0.128. The molecule has 104 valence electrons. The largest absolute Gasteiger partial charge is 0.496 e. The highest BCUT2D eigenvalue weighted by molar-refractivity contribution is 9.09. The topological polar surface area (TPSA) is 18.5 Å². The maximum atomic E-state index is 5.48. The molecule has 0 bridgehead atoms. The van der Waals surface area contributed by atoms with E-state index in [9.17, 15) is 0 Å². The Morgan fingerprint density at radius 1 is 1.10 bits per heavy atom. The predicted octanol–water partition coefficient (Wildman–Crippen LogP) is 4.52. The number of alkyl halides is 1. The summed E-state index contributed by atoms with van der Waals surface area (Å²) in [5, 5.41) is 0. The summed E-state index contributed by atoms with van der Waals surface area (Å²) in [6.45, 7) is 3.55. The third-order valence-corrected chi connectivity index (χ3v) is 4.72. The van der Waals surface area contributed by atoms with Crippen molar-refractivity contribution < 1.29 is 9.47 Å². The average Bonchev–Trinajstić information content (AvgIpc) is 2.93. The molecule has 0 fully saturated rings. The molecular weight excluding hydrogens is 316 g/mol. The lowest BCUT2D eigenvalue weighted by atomic mass is 9.99. The Morgan fingerprint density at radius 3 is 2.70 bits per heavy atom. The zero-order valence-corrected chi connectivity index (χ0v) is 13.2. The number of fused-ring (bicyclic) bond motifs is 1. The van der Waals surface area contributed by atoms with E-state index in [0.717, 1.165) is 17.9 Å². The van der Waals surface area contributed by atoms with Crippen LogP contribution in [0.15, 0.2) is 36.4 Å². The van der Waals surface area contributed by atoms with Crippen LogP contribution >= 0.6 is 15.9 Å². The van der Waals surface area contributed by atoms with Crippen LogP contribution in [0.3, 0.4) is 0 Å². The molecule has 2 aromatic rings. The lowest BCUT2D eigenvalue weighted by Crippen LogP contribution is -1.99. The molecule has 0 amide bonds. The van der Waals surface area contributed by atoms with E-state index in [0.29, 0.717) is 6.61 Å². The smallest absolute Gasteiger partial charge is 0.123 e. The number of aryl methyl sites for hydroxylation is 1. The van der Waals surface area contributed by atoms with Gasteiger partial charge in [0.15, 0.2) is 0 Å². The molecule has 0 aliphatic carbocycles. The van der Waals surface area contributed by atoms with Gasteiger partial charge in [-0.3, -0.25) is 0 Å². The Kier molecular flexibility index (Phi) is 3.81. The van der Waals surface area contributed by atoms with E-state index in [4.69, 9.17) is 9.47 Å². The summed E-state index contributed by atoms with van der Waals surface area (Å²) in [4.78, 5) is 0.128. The van der Waals surface area contributed by atoms with E-state index >= 15 is 0 Å². The van der Waals surface area contributed by atoms with Crippen LogP contribution in [0, 0.1) is 6.92 Å². The zero-order chi connectivity index (χ0) is 14.1. The molecule has 0 N–H and O–H groups in total. The molecule has 1 atom stereocenters. The second kappa shape index (κ2) is 5.58. The third kappa shape index (κ3) is 2.48. The lowest BCUT2D eigenvalue weighted by molar-refractivity contribution is 0.134. The van der Waals surface area contributed by atoms with E-state index in [1.807, 2.05) is 6.07 Å². The quantitative estimate of drug-likeness (QED) is 0.769. The van der Waals surface area contributed by atoms with Crippen molar-refractivity contribution in [2.45, 2.75) is 25.0 Å². The summed E-state index contributed by atoms with van der Waals surface area (Å²) in [5.41, 5.74) is 6.21. The predicted molar refractivity (Wildman–Crippen MR) is 83.4 cm³/mol. The third-order valence-electron chi connectivity index (χ3n) is 3.70. The van der Waals surface area contributed by atoms with E-state index in [1.54, 1.807) is 7.11 Å². The van der Waals surface area contributed by atoms with Crippen molar-refractivity contribution in [2.24, 2.45) is 0 Å². The number of benzene rings is 2. The summed E-state index contributed by atoms with van der Waals surface area (Å²) in [5.74, 6) is 0.911. The first-order chi connectivity index (χ1) is 9.69. The molecule has 0 radical (unpaired) electrons. The van der Waals surface area contributed by atoms with Gasteiger partial charge < -0.3 is 9.47 Å². The molecule has 0 saturated carbocycles. The molecule has 1 unspecified atom stereocenters. The van der Waals surface area contributed by atoms with Crippen molar-refractivity contribution in [3.8, 4) is 5.75 Å². The lowest BCUT2D eigenvalue weighted by Gasteiger charge is -2.16. The number of ether oxygens (including phenoxy) is 2. The Labute approximate surface area is 127 Å². The van der Waals surface area contributed by atoms with E-state index in [-0.39, 0.29) is 4.83 Å². The van der Waals surface area contributed by atoms with E-state index < -0.39 is 0 Å². The van der Waals surface area contributed by atoms with Gasteiger partial charge in [-0.2, -0.15) is 0 Å². The molecule has 20 heavy (non-hydrogen) atoms. The standard InChI is InChI=1S/C17H17BrO2/c1-11-3-6-16(19-2)15(7-11)17(18)12-4-5-13-9-20-10-14(13)8-12/h3-8,17H,9-10H2,1-2H3. The van der Waals surface area contributed by atoms with Crippen molar-refractivity contribution in [3.05, 3.63) is 64.2 Å². The normalized spacial score (nSPS) is 14.9. The minimum atomic E-state index is 0.128. The highest BCUT2D eigenvalue weighted by Gasteiger charge is 2.18. The first-order valence-corrected chi connectivity index (χ1v) is 7.58. The fraction of sp³-hybridized carbons (Fsp3) is 0.294. The Hall–Kier alpha value is -1.32. The van der Waals surface area contributed by atoms with Gasteiger partial charge in [0, 0.05) is 5.56 Å². The maximum absolute atomic E-state index is 5.48. The fourth-order valence-electron chi connectivity index (χ4n) is 2.58. The highest BCUT2D eigenvalue weighted by atomic mass is 79.9. The maximum Gasteiger partial charge on any atom is 0.123 e. The molecule has 0 spiro atoms. The number of hydrogen-bond acceptors (Lipinski definition) is 2. The number of rotatable bonds is 3. The summed E-state index contributed by atoms with van der Waals surface area (Å²) in [6.07, 6.45) is 0. The van der Waals surface area contributed by atoms with Crippen molar-refractivity contribution >= 4 is 15.9 Å². The van der Waals surface area contributed by atoms with Gasteiger partial charge in [0.25, 0.3) is 0 Å². The molecule has 1 aliphatic rings. The van der Waals surface area contributed by atoms with Crippen LogP contribution in [0.25, 0.3) is 0 Å². The Balaban J connectivity index is 2.00. The monoisotopic (exact) mass is 332 g/mol. The van der Waals surface area contributed by atoms with Crippen LogP contribution in [-0.4, -0.2) is 7.11 Å². The van der Waals surface area contributed by atoms with Gasteiger partial charge in [0.2, 0.25) is 0 Å². The van der Waals surface area contributed by atoms with Gasteiger partial charge in [-0.25, -0.2) is 0 Å². The summed E-state index contributed by atoms with van der Waals surface area (Å²) in [7, 11) is 1.71. The van der Waals surface area contributed by atoms with Gasteiger partial charge in [0.1, 0.15) is 5.75 Å². The number of halogens is 1. The number of hydrogen-bond donors (Lipinski definition) is 0. The second-order valence-corrected chi connectivity index (χ2v) is 6.04. The van der Waals surface area contributed by atoms with Gasteiger partial charge in [0.05, 0.1) is 25.2 Å². The summed E-state index contributed by atoms with van der Waals surface area (Å²) in [6, 6.07) is 12.8. The van der Waals surface area contributed by atoms with Crippen LogP contribution in [0.4, 0.5) is 0 Å². The van der Waals surface area contributed by atoms with Crippen LogP contribution < -0.4 is 4.74 Å². The minimum Gasteiger partial charge on any atom is -0.496 e. The van der Waals surface area contributed by atoms with Crippen LogP contribution in [0.1, 0.15) is 32.6 Å². The molecular formula is C17H17BrO2. The number of methoxy groups -OCH3 is 1. The fourth-order valence-corrected chi connectivity index (χ4v) is 3.22. The summed E-state index contributed by atoms with van der Waals surface area (Å²) < 4.78 is 11.0. The molecule has 3 heteroatoms.